The van der Waals surface area contributed by atoms with E-state index in [9.17, 15) is 0 Å². The zero-order valence-corrected chi connectivity index (χ0v) is 8.49. The molecule has 3 rings (SSSR count). The molecule has 1 fully saturated rings. The largest absolute Gasteiger partial charge is 0.494 e. The molecule has 0 spiro atoms. The number of methoxy groups -OCH3 is 1. The van der Waals surface area contributed by atoms with Crippen LogP contribution in [0.3, 0.4) is 0 Å². The monoisotopic (exact) mass is 204 g/mol. The van der Waals surface area contributed by atoms with Crippen LogP contribution in [0.5, 0.6) is 5.75 Å². The van der Waals surface area contributed by atoms with Crippen LogP contribution in [0.2, 0.25) is 0 Å². The van der Waals surface area contributed by atoms with E-state index in [1.807, 2.05) is 18.2 Å². The standard InChI is InChI=1S/C11H12N2O2/c1-14-7-3-2-4-8-9(7)13-10(15-8)11(12)5-6-11/h2-4H,5-6,12H2,1H3. The lowest BCUT2D eigenvalue weighted by Gasteiger charge is -1.99. The lowest BCUT2D eigenvalue weighted by atomic mass is 10.3. The van der Waals surface area contributed by atoms with Gasteiger partial charge in [0, 0.05) is 0 Å². The van der Waals surface area contributed by atoms with Crippen molar-refractivity contribution in [2.24, 2.45) is 5.73 Å². The van der Waals surface area contributed by atoms with Gasteiger partial charge in [-0.3, -0.25) is 0 Å². The smallest absolute Gasteiger partial charge is 0.215 e. The summed E-state index contributed by atoms with van der Waals surface area (Å²) in [6, 6.07) is 5.62. The van der Waals surface area contributed by atoms with Gasteiger partial charge in [0.25, 0.3) is 0 Å². The fourth-order valence-electron chi connectivity index (χ4n) is 1.65. The summed E-state index contributed by atoms with van der Waals surface area (Å²) < 4.78 is 10.8. The zero-order chi connectivity index (χ0) is 10.5. The van der Waals surface area contributed by atoms with E-state index in [1.165, 1.54) is 0 Å². The van der Waals surface area contributed by atoms with Gasteiger partial charge in [-0.1, -0.05) is 6.07 Å². The van der Waals surface area contributed by atoms with E-state index in [0.29, 0.717) is 5.89 Å². The number of hydrogen-bond acceptors (Lipinski definition) is 4. The Balaban J connectivity index is 2.21. The summed E-state index contributed by atoms with van der Waals surface area (Å²) >= 11 is 0. The second kappa shape index (κ2) is 2.73. The van der Waals surface area contributed by atoms with Crippen LogP contribution in [0.15, 0.2) is 22.6 Å². The number of oxazole rings is 1. The van der Waals surface area contributed by atoms with Crippen molar-refractivity contribution < 1.29 is 9.15 Å². The normalized spacial score (nSPS) is 18.0. The maximum atomic E-state index is 6.03. The van der Waals surface area contributed by atoms with Crippen molar-refractivity contribution in [1.29, 1.82) is 0 Å². The summed E-state index contributed by atoms with van der Waals surface area (Å²) in [6.45, 7) is 0. The van der Waals surface area contributed by atoms with Gasteiger partial charge in [0.2, 0.25) is 5.89 Å². The summed E-state index contributed by atoms with van der Waals surface area (Å²) in [5.41, 5.74) is 7.19. The second-order valence-electron chi connectivity index (χ2n) is 3.98. The third-order valence-electron chi connectivity index (χ3n) is 2.82. The predicted octanol–water partition coefficient (Wildman–Crippen LogP) is 1.78. The molecular weight excluding hydrogens is 192 g/mol. The average Bonchev–Trinajstić information content (AvgIpc) is 2.84. The first-order valence-corrected chi connectivity index (χ1v) is 4.96. The van der Waals surface area contributed by atoms with Crippen molar-refractivity contribution in [3.8, 4) is 5.75 Å². The van der Waals surface area contributed by atoms with Gasteiger partial charge in [-0.2, -0.15) is 0 Å². The van der Waals surface area contributed by atoms with Gasteiger partial charge < -0.3 is 14.9 Å². The van der Waals surface area contributed by atoms with Crippen LogP contribution in [-0.2, 0) is 5.54 Å². The molecular formula is C11H12N2O2. The molecule has 0 atom stereocenters. The van der Waals surface area contributed by atoms with Gasteiger partial charge in [-0.05, 0) is 25.0 Å². The summed E-state index contributed by atoms with van der Waals surface area (Å²) in [7, 11) is 1.62. The molecule has 4 nitrogen and oxygen atoms in total. The van der Waals surface area contributed by atoms with Gasteiger partial charge in [0.05, 0.1) is 12.6 Å². The highest BCUT2D eigenvalue weighted by Gasteiger charge is 2.45. The minimum atomic E-state index is -0.329. The van der Waals surface area contributed by atoms with Crippen molar-refractivity contribution in [2.75, 3.05) is 7.11 Å². The molecule has 0 aliphatic heterocycles. The molecule has 0 saturated heterocycles. The Morgan fingerprint density at radius 1 is 1.47 bits per heavy atom. The highest BCUT2D eigenvalue weighted by Crippen LogP contribution is 2.43. The molecule has 1 aliphatic carbocycles. The average molecular weight is 204 g/mol. The van der Waals surface area contributed by atoms with Crippen LogP contribution in [0.25, 0.3) is 11.1 Å². The number of ether oxygens (including phenoxy) is 1. The lowest BCUT2D eigenvalue weighted by molar-refractivity contribution is 0.419. The number of nitrogens with zero attached hydrogens (tertiary/aromatic N) is 1. The minimum absolute atomic E-state index is 0.329. The van der Waals surface area contributed by atoms with Crippen LogP contribution in [0, 0.1) is 0 Å². The van der Waals surface area contributed by atoms with E-state index >= 15 is 0 Å². The SMILES string of the molecule is COc1cccc2oc(C3(N)CC3)nc12. The number of rotatable bonds is 2. The molecule has 4 heteroatoms. The third-order valence-corrected chi connectivity index (χ3v) is 2.82. The maximum absolute atomic E-state index is 6.03. The molecule has 0 unspecified atom stereocenters. The Morgan fingerprint density at radius 3 is 2.93 bits per heavy atom. The number of para-hydroxylation sites is 1. The van der Waals surface area contributed by atoms with Crippen LogP contribution >= 0.6 is 0 Å². The number of benzene rings is 1. The van der Waals surface area contributed by atoms with Crippen LogP contribution < -0.4 is 10.5 Å². The number of fused-ring (bicyclic) bond motifs is 1. The van der Waals surface area contributed by atoms with Crippen LogP contribution in [-0.4, -0.2) is 12.1 Å². The molecule has 0 amide bonds. The summed E-state index contributed by atoms with van der Waals surface area (Å²) in [4.78, 5) is 4.40. The molecule has 1 aromatic carbocycles. The molecule has 0 bridgehead atoms. The first kappa shape index (κ1) is 8.73. The zero-order valence-electron chi connectivity index (χ0n) is 8.49. The third kappa shape index (κ3) is 1.22. The molecule has 0 radical (unpaired) electrons. The fourth-order valence-corrected chi connectivity index (χ4v) is 1.65. The van der Waals surface area contributed by atoms with Gasteiger partial charge in [-0.25, -0.2) is 4.98 Å². The van der Waals surface area contributed by atoms with Crippen molar-refractivity contribution >= 4 is 11.1 Å². The Bertz CT molecular complexity index is 514. The molecule has 1 heterocycles. The number of hydrogen-bond donors (Lipinski definition) is 1. The van der Waals surface area contributed by atoms with Crippen molar-refractivity contribution in [3.05, 3.63) is 24.1 Å². The Kier molecular flexibility index (Phi) is 1.59. The highest BCUT2D eigenvalue weighted by molar-refractivity contribution is 5.79. The van der Waals surface area contributed by atoms with Gasteiger partial charge in [-0.15, -0.1) is 0 Å². The van der Waals surface area contributed by atoms with Gasteiger partial charge in [0.15, 0.2) is 11.1 Å². The predicted molar refractivity (Wildman–Crippen MR) is 55.7 cm³/mol. The Hall–Kier alpha value is -1.55. The van der Waals surface area contributed by atoms with E-state index in [4.69, 9.17) is 14.9 Å². The van der Waals surface area contributed by atoms with E-state index in [0.717, 1.165) is 29.7 Å². The topological polar surface area (TPSA) is 61.3 Å². The summed E-state index contributed by atoms with van der Waals surface area (Å²) in [6.07, 6.45) is 1.89. The van der Waals surface area contributed by atoms with Crippen LogP contribution in [0.4, 0.5) is 0 Å². The fraction of sp³-hybridized carbons (Fsp3) is 0.364. The maximum Gasteiger partial charge on any atom is 0.215 e. The molecule has 15 heavy (non-hydrogen) atoms. The van der Waals surface area contributed by atoms with Crippen LogP contribution in [0.1, 0.15) is 18.7 Å². The Labute approximate surface area is 87.0 Å². The molecule has 1 aliphatic rings. The van der Waals surface area contributed by atoms with Gasteiger partial charge in [0.1, 0.15) is 5.75 Å². The first-order chi connectivity index (χ1) is 7.23. The van der Waals surface area contributed by atoms with E-state index < -0.39 is 0 Å². The number of nitrogens with two attached hydrogens (primary N) is 1. The number of aromatic nitrogens is 1. The van der Waals surface area contributed by atoms with E-state index in [2.05, 4.69) is 4.98 Å². The lowest BCUT2D eigenvalue weighted by Crippen LogP contribution is -2.18. The van der Waals surface area contributed by atoms with Crippen molar-refractivity contribution in [2.45, 2.75) is 18.4 Å². The molecule has 1 aromatic heterocycles. The molecule has 1 saturated carbocycles. The second-order valence-corrected chi connectivity index (χ2v) is 3.98. The molecule has 2 aromatic rings. The summed E-state index contributed by atoms with van der Waals surface area (Å²) in [5, 5.41) is 0. The van der Waals surface area contributed by atoms with Crippen molar-refractivity contribution in [1.82, 2.24) is 4.98 Å². The molecule has 2 N–H and O–H groups in total. The quantitative estimate of drug-likeness (QED) is 0.810. The summed E-state index contributed by atoms with van der Waals surface area (Å²) in [5.74, 6) is 1.36. The first-order valence-electron chi connectivity index (χ1n) is 4.96. The van der Waals surface area contributed by atoms with Gasteiger partial charge >= 0.3 is 0 Å². The van der Waals surface area contributed by atoms with Crippen molar-refractivity contribution in [3.63, 3.8) is 0 Å². The highest BCUT2D eigenvalue weighted by atomic mass is 16.5. The van der Waals surface area contributed by atoms with E-state index in [-0.39, 0.29) is 5.54 Å². The molecule has 78 valence electrons. The van der Waals surface area contributed by atoms with E-state index in [1.54, 1.807) is 7.11 Å². The minimum Gasteiger partial charge on any atom is -0.494 e. The Morgan fingerprint density at radius 2 is 2.27 bits per heavy atom.